The lowest BCUT2D eigenvalue weighted by atomic mass is 9.85. The van der Waals surface area contributed by atoms with E-state index < -0.39 is 5.60 Å². The van der Waals surface area contributed by atoms with Crippen LogP contribution in [0.15, 0.2) is 24.4 Å². The van der Waals surface area contributed by atoms with E-state index in [1.54, 1.807) is 18.3 Å². The van der Waals surface area contributed by atoms with Gasteiger partial charge in [0.2, 0.25) is 0 Å². The first-order valence-corrected chi connectivity index (χ1v) is 11.2. The number of benzene rings is 1. The smallest absolute Gasteiger partial charge is 0.165 e. The number of pyridine rings is 1. The molecule has 0 radical (unpaired) electrons. The number of nitrogen functional groups attached to an aromatic ring is 1. The molecule has 0 aliphatic carbocycles. The van der Waals surface area contributed by atoms with Crippen molar-refractivity contribution in [3.63, 3.8) is 0 Å². The van der Waals surface area contributed by atoms with Gasteiger partial charge in [0, 0.05) is 56.4 Å². The average Bonchev–Trinajstić information content (AvgIpc) is 2.77. The highest BCUT2D eigenvalue weighted by Crippen LogP contribution is 2.33. The number of ketones is 1. The van der Waals surface area contributed by atoms with Crippen LogP contribution in [0.25, 0.3) is 10.9 Å². The number of aromatic nitrogens is 1. The molecule has 0 atom stereocenters. The van der Waals surface area contributed by atoms with Crippen molar-refractivity contribution in [1.82, 2.24) is 9.88 Å². The SMILES string of the molecule is Nc1c(Cl)cc(C(=O)CCC2(O)CCN(CC3CCOCC3)CC2)c2ncccc12. The Hall–Kier alpha value is -1.73. The molecular weight excluding hydrogens is 402 g/mol. The highest BCUT2D eigenvalue weighted by Gasteiger charge is 2.33. The minimum absolute atomic E-state index is 0.0568. The van der Waals surface area contributed by atoms with Crippen molar-refractivity contribution < 1.29 is 14.6 Å². The molecule has 30 heavy (non-hydrogen) atoms. The number of carbonyl (C=O) groups is 1. The van der Waals surface area contributed by atoms with Gasteiger partial charge in [-0.15, -0.1) is 0 Å². The van der Waals surface area contributed by atoms with E-state index in [9.17, 15) is 9.90 Å². The molecule has 7 heteroatoms. The van der Waals surface area contributed by atoms with Crippen LogP contribution in [-0.2, 0) is 4.74 Å². The molecule has 0 saturated carbocycles. The van der Waals surface area contributed by atoms with Gasteiger partial charge in [0.05, 0.1) is 21.8 Å². The molecule has 0 spiro atoms. The maximum absolute atomic E-state index is 13.0. The number of carbonyl (C=O) groups excluding carboxylic acids is 1. The van der Waals surface area contributed by atoms with Gasteiger partial charge in [-0.3, -0.25) is 9.78 Å². The number of nitrogens with zero attached hydrogens (tertiary/aromatic N) is 2. The molecule has 2 fully saturated rings. The van der Waals surface area contributed by atoms with Gasteiger partial charge < -0.3 is 20.5 Å². The van der Waals surface area contributed by atoms with E-state index in [2.05, 4.69) is 9.88 Å². The third kappa shape index (κ3) is 4.78. The predicted molar refractivity (Wildman–Crippen MR) is 119 cm³/mol. The average molecular weight is 432 g/mol. The Morgan fingerprint density at radius 2 is 2.07 bits per heavy atom. The van der Waals surface area contributed by atoms with Crippen LogP contribution in [-0.4, -0.2) is 59.2 Å². The van der Waals surface area contributed by atoms with E-state index in [-0.39, 0.29) is 12.2 Å². The highest BCUT2D eigenvalue weighted by atomic mass is 35.5. The van der Waals surface area contributed by atoms with Crippen LogP contribution in [0.5, 0.6) is 0 Å². The topological polar surface area (TPSA) is 88.7 Å². The van der Waals surface area contributed by atoms with Crippen LogP contribution in [0.3, 0.4) is 0 Å². The van der Waals surface area contributed by atoms with Crippen LogP contribution >= 0.6 is 11.6 Å². The monoisotopic (exact) mass is 431 g/mol. The van der Waals surface area contributed by atoms with Crippen molar-refractivity contribution in [2.24, 2.45) is 5.92 Å². The Kier molecular flexibility index (Phi) is 6.58. The van der Waals surface area contributed by atoms with Gasteiger partial charge in [-0.05, 0) is 56.2 Å². The Morgan fingerprint density at radius 3 is 2.80 bits per heavy atom. The molecule has 2 aliphatic heterocycles. The first-order chi connectivity index (χ1) is 14.5. The fourth-order valence-electron chi connectivity index (χ4n) is 4.63. The number of aliphatic hydroxyl groups is 1. The van der Waals surface area contributed by atoms with Crippen LogP contribution < -0.4 is 5.73 Å². The van der Waals surface area contributed by atoms with Crippen LogP contribution in [0.1, 0.15) is 48.9 Å². The number of Topliss-reactive ketones (excluding diaryl/α,β-unsaturated/α-hetero) is 1. The van der Waals surface area contributed by atoms with E-state index in [4.69, 9.17) is 22.1 Å². The largest absolute Gasteiger partial charge is 0.397 e. The first-order valence-electron chi connectivity index (χ1n) is 10.8. The standard InChI is InChI=1S/C23H30ClN3O3/c24-19-14-18(22-17(21(19)25)2-1-9-26-22)20(28)3-6-23(29)7-10-27(11-8-23)15-16-4-12-30-13-5-16/h1-2,9,14,16,29H,3-8,10-13,15,25H2. The number of likely N-dealkylation sites (tertiary alicyclic amines) is 1. The minimum atomic E-state index is -0.789. The number of nitrogens with two attached hydrogens (primary N) is 1. The van der Waals surface area contributed by atoms with Crippen molar-refractivity contribution in [3.8, 4) is 0 Å². The normalized spacial score (nSPS) is 20.5. The molecule has 162 valence electrons. The summed E-state index contributed by atoms with van der Waals surface area (Å²) in [7, 11) is 0. The summed E-state index contributed by atoms with van der Waals surface area (Å²) in [4.78, 5) is 19.8. The van der Waals surface area contributed by atoms with Gasteiger partial charge in [-0.25, -0.2) is 0 Å². The zero-order valence-corrected chi connectivity index (χ0v) is 18.0. The van der Waals surface area contributed by atoms with E-state index in [0.717, 1.165) is 45.7 Å². The third-order valence-corrected chi connectivity index (χ3v) is 6.96. The Bertz CT molecular complexity index is 906. The Morgan fingerprint density at radius 1 is 1.33 bits per heavy atom. The first kappa shape index (κ1) is 21.5. The molecule has 3 N–H and O–H groups in total. The van der Waals surface area contributed by atoms with Gasteiger partial charge in [-0.1, -0.05) is 11.6 Å². The summed E-state index contributed by atoms with van der Waals surface area (Å²) in [5.74, 6) is 0.640. The number of hydrogen-bond donors (Lipinski definition) is 2. The number of fused-ring (bicyclic) bond motifs is 1. The molecule has 4 rings (SSSR count). The number of rotatable bonds is 6. The maximum atomic E-state index is 13.0. The van der Waals surface area contributed by atoms with E-state index in [1.807, 2.05) is 6.07 Å². The Labute approximate surface area is 182 Å². The zero-order chi connectivity index (χ0) is 21.1. The van der Waals surface area contributed by atoms with Crippen molar-refractivity contribution >= 4 is 34.0 Å². The molecule has 0 amide bonds. The number of piperidine rings is 1. The zero-order valence-electron chi connectivity index (χ0n) is 17.3. The minimum Gasteiger partial charge on any atom is -0.397 e. The van der Waals surface area contributed by atoms with Gasteiger partial charge in [0.1, 0.15) is 0 Å². The predicted octanol–water partition coefficient (Wildman–Crippen LogP) is 3.69. The second-order valence-corrected chi connectivity index (χ2v) is 9.13. The lowest BCUT2D eigenvalue weighted by Gasteiger charge is -2.40. The summed E-state index contributed by atoms with van der Waals surface area (Å²) in [5, 5.41) is 12.1. The molecule has 2 aromatic rings. The summed E-state index contributed by atoms with van der Waals surface area (Å²) in [6.45, 7) is 4.56. The molecule has 1 aromatic carbocycles. The summed E-state index contributed by atoms with van der Waals surface area (Å²) < 4.78 is 5.44. The second kappa shape index (κ2) is 9.18. The van der Waals surface area contributed by atoms with E-state index >= 15 is 0 Å². The lowest BCUT2D eigenvalue weighted by Crippen LogP contribution is -2.46. The lowest BCUT2D eigenvalue weighted by molar-refractivity contribution is -0.0350. The Balaban J connectivity index is 1.35. The van der Waals surface area contributed by atoms with E-state index in [0.29, 0.717) is 52.4 Å². The van der Waals surface area contributed by atoms with Gasteiger partial charge in [0.25, 0.3) is 0 Å². The summed E-state index contributed by atoms with van der Waals surface area (Å²) in [6, 6.07) is 5.21. The summed E-state index contributed by atoms with van der Waals surface area (Å²) in [6.07, 6.45) is 6.02. The molecule has 0 unspecified atom stereocenters. The molecular formula is C23H30ClN3O3. The highest BCUT2D eigenvalue weighted by molar-refractivity contribution is 6.35. The number of anilines is 1. The van der Waals surface area contributed by atoms with Crippen LogP contribution in [0.4, 0.5) is 5.69 Å². The van der Waals surface area contributed by atoms with Gasteiger partial charge >= 0.3 is 0 Å². The second-order valence-electron chi connectivity index (χ2n) is 8.72. The number of hydrogen-bond acceptors (Lipinski definition) is 6. The van der Waals surface area contributed by atoms with Gasteiger partial charge in [0.15, 0.2) is 5.78 Å². The molecule has 2 saturated heterocycles. The van der Waals surface area contributed by atoms with Gasteiger partial charge in [-0.2, -0.15) is 0 Å². The van der Waals surface area contributed by atoms with Crippen molar-refractivity contribution in [2.45, 2.75) is 44.1 Å². The van der Waals surface area contributed by atoms with Crippen molar-refractivity contribution in [1.29, 1.82) is 0 Å². The molecule has 3 heterocycles. The molecule has 1 aromatic heterocycles. The van der Waals surface area contributed by atoms with Crippen molar-refractivity contribution in [3.05, 3.63) is 35.0 Å². The summed E-state index contributed by atoms with van der Waals surface area (Å²) in [5.41, 5.74) is 6.74. The molecule has 6 nitrogen and oxygen atoms in total. The van der Waals surface area contributed by atoms with Crippen molar-refractivity contribution in [2.75, 3.05) is 38.6 Å². The van der Waals surface area contributed by atoms with Crippen LogP contribution in [0.2, 0.25) is 5.02 Å². The van der Waals surface area contributed by atoms with Crippen LogP contribution in [0, 0.1) is 5.92 Å². The maximum Gasteiger partial charge on any atom is 0.165 e. The number of ether oxygens (including phenoxy) is 1. The molecule has 0 bridgehead atoms. The fourth-order valence-corrected chi connectivity index (χ4v) is 4.84. The third-order valence-electron chi connectivity index (χ3n) is 6.64. The number of halogens is 1. The fraction of sp³-hybridized carbons (Fsp3) is 0.565. The quantitative estimate of drug-likeness (QED) is 0.535. The molecule has 2 aliphatic rings. The summed E-state index contributed by atoms with van der Waals surface area (Å²) >= 11 is 6.24. The van der Waals surface area contributed by atoms with E-state index in [1.165, 1.54) is 0 Å².